The molecular weight excluding hydrogens is 306 g/mol. The first-order chi connectivity index (χ1) is 12.0. The van der Waals surface area contributed by atoms with E-state index in [0.29, 0.717) is 16.9 Å². The monoisotopic (exact) mass is 337 g/mol. The first-order valence-corrected chi connectivity index (χ1v) is 10.3. The van der Waals surface area contributed by atoms with Gasteiger partial charge in [0.1, 0.15) is 0 Å². The van der Waals surface area contributed by atoms with Crippen LogP contribution in [0.25, 0.3) is 5.57 Å². The Morgan fingerprint density at radius 1 is 1.08 bits per heavy atom. The molecule has 3 aliphatic carbocycles. The number of rotatable bonds is 1. The van der Waals surface area contributed by atoms with E-state index in [-0.39, 0.29) is 0 Å². The first kappa shape index (κ1) is 16.1. The Hall–Kier alpha value is -1.15. The summed E-state index contributed by atoms with van der Waals surface area (Å²) in [5.74, 6) is 2.57. The van der Waals surface area contributed by atoms with Crippen molar-refractivity contribution in [1.29, 1.82) is 0 Å². The van der Waals surface area contributed by atoms with Crippen molar-refractivity contribution >= 4 is 5.57 Å². The van der Waals surface area contributed by atoms with Crippen LogP contribution in [0.2, 0.25) is 0 Å². The van der Waals surface area contributed by atoms with Crippen molar-refractivity contribution in [3.8, 4) is 0 Å². The molecule has 0 N–H and O–H groups in total. The van der Waals surface area contributed by atoms with Crippen molar-refractivity contribution in [2.45, 2.75) is 65.4 Å². The predicted octanol–water partition coefficient (Wildman–Crippen LogP) is 5.41. The Kier molecular flexibility index (Phi) is 3.48. The highest BCUT2D eigenvalue weighted by Gasteiger charge is 2.59. The third-order valence-corrected chi connectivity index (χ3v) is 8.51. The number of hydrogen-bond donors (Lipinski definition) is 0. The van der Waals surface area contributed by atoms with Gasteiger partial charge in [-0.2, -0.15) is 0 Å². The van der Waals surface area contributed by atoms with Gasteiger partial charge in [0, 0.05) is 19.0 Å². The number of ether oxygens (including phenoxy) is 1. The highest BCUT2D eigenvalue weighted by Crippen LogP contribution is 2.66. The molecule has 1 aromatic rings. The van der Waals surface area contributed by atoms with Crippen LogP contribution < -0.4 is 0 Å². The number of pyridine rings is 1. The highest BCUT2D eigenvalue weighted by molar-refractivity contribution is 5.72. The van der Waals surface area contributed by atoms with Crippen LogP contribution in [0.3, 0.4) is 0 Å². The highest BCUT2D eigenvalue weighted by atomic mass is 16.5. The lowest BCUT2D eigenvalue weighted by Crippen LogP contribution is -2.51. The molecular formula is C23H31NO. The fourth-order valence-corrected chi connectivity index (χ4v) is 7.18. The summed E-state index contributed by atoms with van der Waals surface area (Å²) in [4.78, 5) is 4.48. The fourth-order valence-electron chi connectivity index (χ4n) is 7.18. The quantitative estimate of drug-likeness (QED) is 0.683. The maximum Gasteiger partial charge on any atom is 0.0632 e. The molecule has 4 aliphatic rings. The molecule has 3 fully saturated rings. The Balaban J connectivity index is 1.48. The SMILES string of the molecule is Cc1cncc(C2=CCC3C4CCC5OCCC5(C)C4CCC23C)c1. The number of aryl methyl sites for hydroxylation is 1. The zero-order valence-corrected chi connectivity index (χ0v) is 15.9. The van der Waals surface area contributed by atoms with E-state index in [1.807, 2.05) is 6.20 Å². The molecule has 1 aliphatic heterocycles. The molecule has 1 aromatic heterocycles. The minimum Gasteiger partial charge on any atom is -0.378 e. The van der Waals surface area contributed by atoms with E-state index in [0.717, 1.165) is 24.4 Å². The van der Waals surface area contributed by atoms with Crippen molar-refractivity contribution in [2.24, 2.45) is 28.6 Å². The second-order valence-electron chi connectivity index (χ2n) is 9.63. The van der Waals surface area contributed by atoms with Crippen LogP contribution in [0, 0.1) is 35.5 Å². The molecule has 0 radical (unpaired) electrons. The zero-order valence-electron chi connectivity index (χ0n) is 15.9. The van der Waals surface area contributed by atoms with Gasteiger partial charge in [-0.05, 0) is 96.8 Å². The van der Waals surface area contributed by atoms with Gasteiger partial charge in [-0.1, -0.05) is 19.9 Å². The van der Waals surface area contributed by atoms with Crippen LogP contribution in [-0.4, -0.2) is 17.7 Å². The van der Waals surface area contributed by atoms with Crippen LogP contribution in [0.15, 0.2) is 24.5 Å². The largest absolute Gasteiger partial charge is 0.378 e. The lowest BCUT2D eigenvalue weighted by molar-refractivity contribution is -0.0889. The number of fused-ring (bicyclic) bond motifs is 5. The van der Waals surface area contributed by atoms with E-state index < -0.39 is 0 Å². The lowest BCUT2D eigenvalue weighted by atomic mass is 9.48. The Morgan fingerprint density at radius 3 is 2.80 bits per heavy atom. The number of allylic oxidation sites excluding steroid dienone is 2. The molecule has 1 saturated heterocycles. The molecule has 0 aromatic carbocycles. The molecule has 2 nitrogen and oxygen atoms in total. The zero-order chi connectivity index (χ0) is 17.2. The van der Waals surface area contributed by atoms with Crippen molar-refractivity contribution in [2.75, 3.05) is 6.61 Å². The van der Waals surface area contributed by atoms with Gasteiger partial charge in [0.15, 0.2) is 0 Å². The smallest absolute Gasteiger partial charge is 0.0632 e. The van der Waals surface area contributed by atoms with Gasteiger partial charge in [-0.3, -0.25) is 4.98 Å². The van der Waals surface area contributed by atoms with E-state index in [1.165, 1.54) is 49.7 Å². The molecule has 2 saturated carbocycles. The Morgan fingerprint density at radius 2 is 1.96 bits per heavy atom. The molecule has 2 heterocycles. The maximum atomic E-state index is 6.13. The number of nitrogens with zero attached hydrogens (tertiary/aromatic N) is 1. The van der Waals surface area contributed by atoms with Crippen molar-refractivity contribution < 1.29 is 4.74 Å². The normalized spacial score (nSPS) is 45.5. The molecule has 6 atom stereocenters. The van der Waals surface area contributed by atoms with E-state index in [2.05, 4.69) is 44.1 Å². The first-order valence-electron chi connectivity index (χ1n) is 10.3. The second kappa shape index (κ2) is 5.42. The van der Waals surface area contributed by atoms with E-state index in [1.54, 1.807) is 5.57 Å². The summed E-state index contributed by atoms with van der Waals surface area (Å²) in [5, 5.41) is 0. The molecule has 0 amide bonds. The molecule has 134 valence electrons. The van der Waals surface area contributed by atoms with E-state index >= 15 is 0 Å². The number of hydrogen-bond acceptors (Lipinski definition) is 2. The summed E-state index contributed by atoms with van der Waals surface area (Å²) in [6.45, 7) is 8.24. The van der Waals surface area contributed by atoms with Crippen LogP contribution in [0.5, 0.6) is 0 Å². The minimum atomic E-state index is 0.347. The maximum absolute atomic E-state index is 6.13. The summed E-state index contributed by atoms with van der Waals surface area (Å²) >= 11 is 0. The van der Waals surface area contributed by atoms with Crippen LogP contribution in [0.4, 0.5) is 0 Å². The van der Waals surface area contributed by atoms with Gasteiger partial charge >= 0.3 is 0 Å². The molecule has 0 bridgehead atoms. The second-order valence-corrected chi connectivity index (χ2v) is 9.63. The van der Waals surface area contributed by atoms with Crippen molar-refractivity contribution in [1.82, 2.24) is 4.98 Å². The average molecular weight is 338 g/mol. The van der Waals surface area contributed by atoms with Crippen LogP contribution >= 0.6 is 0 Å². The van der Waals surface area contributed by atoms with Crippen molar-refractivity contribution in [3.63, 3.8) is 0 Å². The molecule has 5 rings (SSSR count). The predicted molar refractivity (Wildman–Crippen MR) is 101 cm³/mol. The van der Waals surface area contributed by atoms with E-state index in [9.17, 15) is 0 Å². The Bertz CT molecular complexity index is 725. The lowest BCUT2D eigenvalue weighted by Gasteiger charge is -2.56. The third-order valence-electron chi connectivity index (χ3n) is 8.51. The van der Waals surface area contributed by atoms with Crippen LogP contribution in [-0.2, 0) is 4.74 Å². The van der Waals surface area contributed by atoms with Gasteiger partial charge in [-0.15, -0.1) is 0 Å². The van der Waals surface area contributed by atoms with Crippen molar-refractivity contribution in [3.05, 3.63) is 35.7 Å². The van der Waals surface area contributed by atoms with Gasteiger partial charge in [0.25, 0.3) is 0 Å². The van der Waals surface area contributed by atoms with Gasteiger partial charge in [0.05, 0.1) is 6.10 Å². The third kappa shape index (κ3) is 2.16. The molecule has 2 heteroatoms. The van der Waals surface area contributed by atoms with E-state index in [4.69, 9.17) is 4.74 Å². The topological polar surface area (TPSA) is 22.1 Å². The summed E-state index contributed by atoms with van der Waals surface area (Å²) in [6, 6.07) is 2.33. The summed E-state index contributed by atoms with van der Waals surface area (Å²) in [7, 11) is 0. The van der Waals surface area contributed by atoms with Crippen LogP contribution in [0.1, 0.15) is 63.5 Å². The van der Waals surface area contributed by atoms with Gasteiger partial charge < -0.3 is 4.74 Å². The average Bonchev–Trinajstić information content (AvgIpc) is 3.14. The fraction of sp³-hybridized carbons (Fsp3) is 0.696. The molecule has 25 heavy (non-hydrogen) atoms. The molecule has 6 unspecified atom stereocenters. The molecule has 0 spiro atoms. The Labute approximate surface area is 152 Å². The number of aromatic nitrogens is 1. The standard InChI is InChI=1S/C23H31NO/c1-15-12-16(14-24-13-15)18-5-6-19-17-4-7-21-23(3,10-11-25-21)20(17)8-9-22(18,19)2/h5,12-14,17,19-21H,4,6-11H2,1-3H3. The minimum absolute atomic E-state index is 0.347. The van der Waals surface area contributed by atoms with Gasteiger partial charge in [-0.25, -0.2) is 0 Å². The van der Waals surface area contributed by atoms with Gasteiger partial charge in [0.2, 0.25) is 0 Å². The summed E-state index contributed by atoms with van der Waals surface area (Å²) < 4.78 is 6.13. The summed E-state index contributed by atoms with van der Waals surface area (Å²) in [6.07, 6.45) is 15.1. The summed E-state index contributed by atoms with van der Waals surface area (Å²) in [5.41, 5.74) is 5.02.